The summed E-state index contributed by atoms with van der Waals surface area (Å²) in [7, 11) is -3.64. The Morgan fingerprint density at radius 3 is 2.79 bits per heavy atom. The van der Waals surface area contributed by atoms with Gasteiger partial charge in [-0.05, 0) is 25.1 Å². The van der Waals surface area contributed by atoms with E-state index < -0.39 is 10.0 Å². The lowest BCUT2D eigenvalue weighted by molar-refractivity contribution is 0.423. The number of aryl methyl sites for hydroxylation is 1. The fourth-order valence-electron chi connectivity index (χ4n) is 2.47. The van der Waals surface area contributed by atoms with Gasteiger partial charge in [0.05, 0.1) is 21.3 Å². The second-order valence-electron chi connectivity index (χ2n) is 5.31. The van der Waals surface area contributed by atoms with Gasteiger partial charge in [0.2, 0.25) is 10.0 Å². The van der Waals surface area contributed by atoms with Gasteiger partial charge in [-0.1, -0.05) is 18.3 Å². The number of fused-ring (bicyclic) bond motifs is 1. The molecule has 3 rings (SSSR count). The summed E-state index contributed by atoms with van der Waals surface area (Å²) in [6.45, 7) is 5.13. The van der Waals surface area contributed by atoms with E-state index in [0.29, 0.717) is 16.8 Å². The topological polar surface area (TPSA) is 88.1 Å². The zero-order chi connectivity index (χ0) is 17.3. The number of aromatic amines is 1. The Morgan fingerprint density at radius 1 is 1.33 bits per heavy atom. The average Bonchev–Trinajstić information content (AvgIpc) is 3.16. The van der Waals surface area contributed by atoms with E-state index in [9.17, 15) is 13.2 Å². The standard InChI is InChI=1S/C15H18N4O3S2/c1-3-18-9-11(8-16-18)10-19(4-2)24(21,22)12-5-6-13-14(7-12)23-15(20)17-13/h5-9H,3-4,10H2,1-2H3,(H,17,20). The van der Waals surface area contributed by atoms with E-state index in [4.69, 9.17) is 0 Å². The molecule has 24 heavy (non-hydrogen) atoms. The summed E-state index contributed by atoms with van der Waals surface area (Å²) in [5.74, 6) is 0. The molecule has 0 radical (unpaired) electrons. The molecule has 128 valence electrons. The van der Waals surface area contributed by atoms with Gasteiger partial charge in [-0.15, -0.1) is 0 Å². The normalized spacial score (nSPS) is 12.3. The number of nitrogens with one attached hydrogen (secondary N) is 1. The average molecular weight is 366 g/mol. The molecule has 0 aliphatic rings. The van der Waals surface area contributed by atoms with Crippen LogP contribution in [-0.4, -0.2) is 34.0 Å². The lowest BCUT2D eigenvalue weighted by Crippen LogP contribution is -2.30. The fraction of sp³-hybridized carbons (Fsp3) is 0.333. The first-order valence-electron chi connectivity index (χ1n) is 7.58. The molecule has 7 nitrogen and oxygen atoms in total. The summed E-state index contributed by atoms with van der Waals surface area (Å²) in [4.78, 5) is 14.1. The molecule has 0 aliphatic carbocycles. The largest absolute Gasteiger partial charge is 0.312 e. The lowest BCUT2D eigenvalue weighted by Gasteiger charge is -2.19. The molecule has 3 aromatic rings. The van der Waals surface area contributed by atoms with Crippen LogP contribution in [0.2, 0.25) is 0 Å². The van der Waals surface area contributed by atoms with Crippen molar-refractivity contribution in [2.45, 2.75) is 31.8 Å². The van der Waals surface area contributed by atoms with Crippen LogP contribution < -0.4 is 4.87 Å². The summed E-state index contributed by atoms with van der Waals surface area (Å²) in [5, 5.41) is 4.18. The van der Waals surface area contributed by atoms with E-state index in [1.165, 1.54) is 10.4 Å². The van der Waals surface area contributed by atoms with Crippen molar-refractivity contribution in [1.29, 1.82) is 0 Å². The number of thiazole rings is 1. The number of benzene rings is 1. The van der Waals surface area contributed by atoms with Crippen molar-refractivity contribution in [2.24, 2.45) is 0 Å². The molecule has 2 heterocycles. The van der Waals surface area contributed by atoms with Gasteiger partial charge in [-0.25, -0.2) is 8.42 Å². The first-order chi connectivity index (χ1) is 11.4. The minimum atomic E-state index is -3.64. The highest BCUT2D eigenvalue weighted by atomic mass is 32.2. The fourth-order valence-corrected chi connectivity index (χ4v) is 4.78. The maximum Gasteiger partial charge on any atom is 0.305 e. The van der Waals surface area contributed by atoms with Gasteiger partial charge in [0.1, 0.15) is 0 Å². The Labute approximate surface area is 143 Å². The third-order valence-electron chi connectivity index (χ3n) is 3.75. The van der Waals surface area contributed by atoms with Crippen molar-refractivity contribution in [3.63, 3.8) is 0 Å². The van der Waals surface area contributed by atoms with Gasteiger partial charge in [0.25, 0.3) is 0 Å². The van der Waals surface area contributed by atoms with Crippen LogP contribution in [0.15, 0.2) is 40.3 Å². The second kappa shape index (κ2) is 6.50. The zero-order valence-corrected chi connectivity index (χ0v) is 15.0. The molecule has 0 bridgehead atoms. The Hall–Kier alpha value is -1.97. The molecule has 1 N–H and O–H groups in total. The number of hydrogen-bond acceptors (Lipinski definition) is 5. The second-order valence-corrected chi connectivity index (χ2v) is 8.26. The van der Waals surface area contributed by atoms with E-state index in [1.807, 2.05) is 13.1 Å². The van der Waals surface area contributed by atoms with Crippen molar-refractivity contribution in [3.05, 3.63) is 45.8 Å². The molecule has 9 heteroatoms. The quantitative estimate of drug-likeness (QED) is 0.723. The number of aromatic nitrogens is 3. The van der Waals surface area contributed by atoms with Gasteiger partial charge in [-0.2, -0.15) is 9.40 Å². The van der Waals surface area contributed by atoms with Crippen LogP contribution in [0.4, 0.5) is 0 Å². The monoisotopic (exact) mass is 366 g/mol. The summed E-state index contributed by atoms with van der Waals surface area (Å²) in [6.07, 6.45) is 3.53. The third-order valence-corrected chi connectivity index (χ3v) is 6.51. The van der Waals surface area contributed by atoms with Gasteiger partial charge in [-0.3, -0.25) is 9.48 Å². The highest BCUT2D eigenvalue weighted by Gasteiger charge is 2.24. The first kappa shape index (κ1) is 16.9. The molecule has 0 spiro atoms. The Morgan fingerprint density at radius 2 is 2.12 bits per heavy atom. The minimum absolute atomic E-state index is 0.190. The van der Waals surface area contributed by atoms with E-state index >= 15 is 0 Å². The van der Waals surface area contributed by atoms with Crippen molar-refractivity contribution >= 4 is 31.6 Å². The maximum atomic E-state index is 12.9. The summed E-state index contributed by atoms with van der Waals surface area (Å²) >= 11 is 1.00. The van der Waals surface area contributed by atoms with Gasteiger partial charge in [0, 0.05) is 31.4 Å². The highest BCUT2D eigenvalue weighted by Crippen LogP contribution is 2.23. The molecule has 0 aliphatic heterocycles. The van der Waals surface area contributed by atoms with Crippen LogP contribution in [0.3, 0.4) is 0 Å². The molecule has 1 aromatic carbocycles. The Kier molecular flexibility index (Phi) is 4.57. The van der Waals surface area contributed by atoms with Gasteiger partial charge >= 0.3 is 4.87 Å². The number of hydrogen-bond donors (Lipinski definition) is 1. The van der Waals surface area contributed by atoms with Crippen LogP contribution in [0.25, 0.3) is 10.2 Å². The number of sulfonamides is 1. The van der Waals surface area contributed by atoms with Gasteiger partial charge in [0.15, 0.2) is 0 Å². The summed E-state index contributed by atoms with van der Waals surface area (Å²) < 4.78 is 29.6. The predicted octanol–water partition coefficient (Wildman–Crippen LogP) is 2.02. The van der Waals surface area contributed by atoms with Crippen molar-refractivity contribution in [1.82, 2.24) is 19.1 Å². The van der Waals surface area contributed by atoms with Crippen LogP contribution >= 0.6 is 11.3 Å². The lowest BCUT2D eigenvalue weighted by atomic mass is 10.3. The maximum absolute atomic E-state index is 12.9. The molecule has 0 saturated heterocycles. The van der Waals surface area contributed by atoms with Gasteiger partial charge < -0.3 is 4.98 Å². The summed E-state index contributed by atoms with van der Waals surface area (Å²) in [6, 6.07) is 4.70. The molecule has 2 aromatic heterocycles. The SMILES string of the molecule is CCN(Cc1cnn(CC)c1)S(=O)(=O)c1ccc2[nH]c(=O)sc2c1. The van der Waals surface area contributed by atoms with Crippen molar-refractivity contribution in [2.75, 3.05) is 6.54 Å². The molecule has 0 unspecified atom stereocenters. The van der Waals surface area contributed by atoms with Crippen LogP contribution in [0.5, 0.6) is 0 Å². The van der Waals surface area contributed by atoms with Crippen LogP contribution in [0, 0.1) is 0 Å². The highest BCUT2D eigenvalue weighted by molar-refractivity contribution is 7.89. The van der Waals surface area contributed by atoms with Crippen LogP contribution in [-0.2, 0) is 23.1 Å². The van der Waals surface area contributed by atoms with Crippen molar-refractivity contribution < 1.29 is 8.42 Å². The third kappa shape index (κ3) is 3.14. The van der Waals surface area contributed by atoms with Crippen LogP contribution in [0.1, 0.15) is 19.4 Å². The Balaban J connectivity index is 1.94. The number of rotatable bonds is 6. The minimum Gasteiger partial charge on any atom is -0.312 e. The molecular formula is C15H18N4O3S2. The molecule has 0 atom stereocenters. The first-order valence-corrected chi connectivity index (χ1v) is 9.84. The van der Waals surface area contributed by atoms with E-state index in [-0.39, 0.29) is 16.3 Å². The smallest absolute Gasteiger partial charge is 0.305 e. The van der Waals surface area contributed by atoms with E-state index in [2.05, 4.69) is 10.1 Å². The molecular weight excluding hydrogens is 348 g/mol. The van der Waals surface area contributed by atoms with E-state index in [0.717, 1.165) is 23.4 Å². The zero-order valence-electron chi connectivity index (χ0n) is 13.4. The Bertz CT molecular complexity index is 1020. The van der Waals surface area contributed by atoms with E-state index in [1.54, 1.807) is 29.9 Å². The predicted molar refractivity (Wildman–Crippen MR) is 93.6 cm³/mol. The number of nitrogens with zero attached hydrogens (tertiary/aromatic N) is 3. The van der Waals surface area contributed by atoms with Crippen molar-refractivity contribution in [3.8, 4) is 0 Å². The molecule has 0 amide bonds. The molecule has 0 fully saturated rings. The molecule has 0 saturated carbocycles. The number of H-pyrrole nitrogens is 1. The summed E-state index contributed by atoms with van der Waals surface area (Å²) in [5.41, 5.74) is 1.49.